The van der Waals surface area contributed by atoms with Gasteiger partial charge >= 0.3 is 12.1 Å². The third kappa shape index (κ3) is 6.19. The molecule has 0 bridgehead atoms. The fourth-order valence-corrected chi connectivity index (χ4v) is 4.61. The normalized spacial score (nSPS) is 11.0. The van der Waals surface area contributed by atoms with Crippen LogP contribution in [0.2, 0.25) is 0 Å². The molecule has 0 saturated carbocycles. The van der Waals surface area contributed by atoms with Crippen molar-refractivity contribution < 1.29 is 24.2 Å². The van der Waals surface area contributed by atoms with Crippen LogP contribution in [0, 0.1) is 0 Å². The summed E-state index contributed by atoms with van der Waals surface area (Å²) in [6, 6.07) is 20.2. The number of unbranched alkanes of at least 4 members (excludes halogenated alkanes) is 1. The van der Waals surface area contributed by atoms with Gasteiger partial charge in [0.25, 0.3) is 0 Å². The molecule has 0 saturated heterocycles. The fourth-order valence-electron chi connectivity index (χ4n) is 4.61. The minimum atomic E-state index is -1.01. The van der Waals surface area contributed by atoms with E-state index in [2.05, 4.69) is 25.4 Å². The Morgan fingerprint density at radius 2 is 1.85 bits per heavy atom. The van der Waals surface area contributed by atoms with Gasteiger partial charge in [0.05, 0.1) is 37.9 Å². The number of hydrogen-bond acceptors (Lipinski definition) is 7. The summed E-state index contributed by atoms with van der Waals surface area (Å²) in [6.07, 6.45) is 3.29. The third-order valence-electron chi connectivity index (χ3n) is 6.74. The van der Waals surface area contributed by atoms with Crippen molar-refractivity contribution in [2.75, 3.05) is 19.0 Å². The average molecular weight is 555 g/mol. The summed E-state index contributed by atoms with van der Waals surface area (Å²) in [6.45, 7) is 3.15. The molecular formula is C30H30N6O5. The average Bonchev–Trinajstić information content (AvgIpc) is 3.60. The largest absolute Gasteiger partial charge is 0.496 e. The number of nitrogens with one attached hydrogen (secondary N) is 1. The number of fused-ring (bicyclic) bond motifs is 1. The summed E-state index contributed by atoms with van der Waals surface area (Å²) in [5, 5.41) is 25.5. The number of anilines is 1. The van der Waals surface area contributed by atoms with Crippen molar-refractivity contribution in [3.8, 4) is 17.1 Å². The molecule has 41 heavy (non-hydrogen) atoms. The van der Waals surface area contributed by atoms with Gasteiger partial charge in [-0.05, 0) is 58.1 Å². The van der Waals surface area contributed by atoms with Crippen molar-refractivity contribution in [3.63, 3.8) is 0 Å². The zero-order valence-corrected chi connectivity index (χ0v) is 22.8. The molecule has 0 atom stereocenters. The van der Waals surface area contributed by atoms with Crippen molar-refractivity contribution in [2.45, 2.75) is 32.9 Å². The third-order valence-corrected chi connectivity index (χ3v) is 6.74. The SMILES string of the molecule is CCCCOC(=O)Nc1ccc2ccn(Cc3ccc(-c4nnnn4Cc4ccccc4C(=O)O)cc3OC)c2c1. The maximum atomic E-state index is 12.1. The fraction of sp³-hybridized carbons (Fsp3) is 0.233. The van der Waals surface area contributed by atoms with E-state index in [0.717, 1.165) is 34.9 Å². The van der Waals surface area contributed by atoms with Crippen LogP contribution in [0.25, 0.3) is 22.3 Å². The molecule has 0 fully saturated rings. The van der Waals surface area contributed by atoms with Crippen LogP contribution in [-0.2, 0) is 17.8 Å². The molecule has 5 rings (SSSR count). The monoisotopic (exact) mass is 554 g/mol. The molecule has 1 amide bonds. The number of rotatable bonds is 11. The van der Waals surface area contributed by atoms with Gasteiger partial charge in [0, 0.05) is 23.0 Å². The van der Waals surface area contributed by atoms with Gasteiger partial charge in [-0.1, -0.05) is 49.7 Å². The summed E-state index contributed by atoms with van der Waals surface area (Å²) in [5.74, 6) is 0.134. The van der Waals surface area contributed by atoms with Gasteiger partial charge in [0.1, 0.15) is 5.75 Å². The molecule has 2 N–H and O–H groups in total. The van der Waals surface area contributed by atoms with Crippen molar-refractivity contribution in [2.24, 2.45) is 0 Å². The van der Waals surface area contributed by atoms with E-state index >= 15 is 0 Å². The number of aromatic nitrogens is 5. The number of nitrogens with zero attached hydrogens (tertiary/aromatic N) is 5. The van der Waals surface area contributed by atoms with Crippen molar-refractivity contribution in [1.29, 1.82) is 0 Å². The Bertz CT molecular complexity index is 1690. The number of benzene rings is 3. The van der Waals surface area contributed by atoms with E-state index in [-0.39, 0.29) is 12.1 Å². The van der Waals surface area contributed by atoms with Gasteiger partial charge in [-0.25, -0.2) is 14.3 Å². The standard InChI is InChI=1S/C30H30N6O5/c1-3-4-15-41-30(39)31-24-12-11-20-13-14-35(26(20)17-24)18-23-10-9-21(16-27(23)40-2)28-32-33-34-36(28)19-22-7-5-6-8-25(22)29(37)38/h5-14,16-17H,3-4,15,18-19H2,1-2H3,(H,31,39)(H,37,38). The van der Waals surface area contributed by atoms with E-state index in [4.69, 9.17) is 9.47 Å². The Kier molecular flexibility index (Phi) is 8.23. The van der Waals surface area contributed by atoms with Crippen molar-refractivity contribution >= 4 is 28.7 Å². The zero-order valence-electron chi connectivity index (χ0n) is 22.8. The van der Waals surface area contributed by atoms with Gasteiger partial charge < -0.3 is 19.1 Å². The van der Waals surface area contributed by atoms with E-state index < -0.39 is 12.1 Å². The summed E-state index contributed by atoms with van der Waals surface area (Å²) in [4.78, 5) is 23.8. The number of carbonyl (C=O) groups is 2. The number of ether oxygens (including phenoxy) is 2. The lowest BCUT2D eigenvalue weighted by atomic mass is 10.1. The Morgan fingerprint density at radius 3 is 2.66 bits per heavy atom. The molecule has 5 aromatic rings. The number of hydrogen-bond donors (Lipinski definition) is 2. The lowest BCUT2D eigenvalue weighted by Crippen LogP contribution is -2.14. The smallest absolute Gasteiger partial charge is 0.411 e. The first-order valence-electron chi connectivity index (χ1n) is 13.2. The lowest BCUT2D eigenvalue weighted by molar-refractivity contribution is 0.0695. The van der Waals surface area contributed by atoms with E-state index in [9.17, 15) is 14.7 Å². The molecule has 0 radical (unpaired) electrons. The van der Waals surface area contributed by atoms with Gasteiger partial charge in [0.15, 0.2) is 5.82 Å². The number of carboxylic acids is 1. The highest BCUT2D eigenvalue weighted by Crippen LogP contribution is 2.29. The molecule has 11 heteroatoms. The molecule has 210 valence electrons. The predicted octanol–water partition coefficient (Wildman–Crippen LogP) is 5.45. The quantitative estimate of drug-likeness (QED) is 0.206. The van der Waals surface area contributed by atoms with E-state index in [0.29, 0.717) is 36.0 Å². The zero-order chi connectivity index (χ0) is 28.8. The maximum Gasteiger partial charge on any atom is 0.411 e. The Hall–Kier alpha value is -5.19. The first-order chi connectivity index (χ1) is 20.0. The first-order valence-corrected chi connectivity index (χ1v) is 13.2. The molecule has 0 unspecified atom stereocenters. The molecule has 2 aromatic heterocycles. The lowest BCUT2D eigenvalue weighted by Gasteiger charge is -2.13. The van der Waals surface area contributed by atoms with Crippen LogP contribution in [0.5, 0.6) is 5.75 Å². The molecule has 3 aromatic carbocycles. The number of carboxylic acid groups (broad SMARTS) is 1. The number of carbonyl (C=O) groups excluding carboxylic acids is 1. The number of amides is 1. The summed E-state index contributed by atoms with van der Waals surface area (Å²) >= 11 is 0. The Labute approximate surface area is 236 Å². The molecule has 0 aliphatic carbocycles. The van der Waals surface area contributed by atoms with Crippen LogP contribution in [0.3, 0.4) is 0 Å². The van der Waals surface area contributed by atoms with Gasteiger partial charge in [-0.2, -0.15) is 0 Å². The number of methoxy groups -OCH3 is 1. The number of tetrazole rings is 1. The Balaban J connectivity index is 1.37. The second-order valence-corrected chi connectivity index (χ2v) is 9.48. The second-order valence-electron chi connectivity index (χ2n) is 9.48. The highest BCUT2D eigenvalue weighted by Gasteiger charge is 2.16. The maximum absolute atomic E-state index is 12.1. The summed E-state index contributed by atoms with van der Waals surface area (Å²) in [5.41, 5.74) is 4.06. The van der Waals surface area contributed by atoms with Crippen LogP contribution >= 0.6 is 0 Å². The highest BCUT2D eigenvalue weighted by molar-refractivity contribution is 5.90. The van der Waals surface area contributed by atoms with Crippen molar-refractivity contribution in [1.82, 2.24) is 24.8 Å². The van der Waals surface area contributed by atoms with E-state index in [1.54, 1.807) is 36.1 Å². The van der Waals surface area contributed by atoms with Crippen LogP contribution in [0.1, 0.15) is 41.3 Å². The second kappa shape index (κ2) is 12.3. The minimum absolute atomic E-state index is 0.201. The van der Waals surface area contributed by atoms with Crippen LogP contribution in [0.4, 0.5) is 10.5 Å². The van der Waals surface area contributed by atoms with Crippen LogP contribution in [0.15, 0.2) is 72.9 Å². The van der Waals surface area contributed by atoms with Gasteiger partial charge in [0.2, 0.25) is 0 Å². The minimum Gasteiger partial charge on any atom is -0.496 e. The van der Waals surface area contributed by atoms with E-state index in [1.807, 2.05) is 55.6 Å². The summed E-state index contributed by atoms with van der Waals surface area (Å²) < 4.78 is 14.6. The Morgan fingerprint density at radius 1 is 1.00 bits per heavy atom. The molecule has 0 aliphatic rings. The van der Waals surface area contributed by atoms with Crippen LogP contribution in [-0.4, -0.2) is 55.7 Å². The van der Waals surface area contributed by atoms with Crippen molar-refractivity contribution in [3.05, 3.63) is 89.6 Å². The molecule has 2 heterocycles. The van der Waals surface area contributed by atoms with E-state index in [1.165, 1.54) is 0 Å². The predicted molar refractivity (Wildman–Crippen MR) is 153 cm³/mol. The van der Waals surface area contributed by atoms with Crippen LogP contribution < -0.4 is 10.1 Å². The molecule has 11 nitrogen and oxygen atoms in total. The van der Waals surface area contributed by atoms with Gasteiger partial charge in [-0.15, -0.1) is 5.10 Å². The first kappa shape index (κ1) is 27.4. The highest BCUT2D eigenvalue weighted by atomic mass is 16.5. The molecular weight excluding hydrogens is 524 g/mol. The van der Waals surface area contributed by atoms with Gasteiger partial charge in [-0.3, -0.25) is 5.32 Å². The topological polar surface area (TPSA) is 133 Å². The number of aromatic carboxylic acids is 1. The molecule has 0 aliphatic heterocycles. The molecule has 0 spiro atoms. The summed E-state index contributed by atoms with van der Waals surface area (Å²) in [7, 11) is 1.61.